The zero-order valence-electron chi connectivity index (χ0n) is 11.1. The van der Waals surface area contributed by atoms with E-state index >= 15 is 0 Å². The second kappa shape index (κ2) is 4.70. The highest BCUT2D eigenvalue weighted by molar-refractivity contribution is 5.84. The number of rotatable bonds is 2. The summed E-state index contributed by atoms with van der Waals surface area (Å²) in [4.78, 5) is 12.4. The van der Waals surface area contributed by atoms with Crippen molar-refractivity contribution in [2.75, 3.05) is 0 Å². The minimum atomic E-state index is -0.0487. The van der Waals surface area contributed by atoms with Crippen molar-refractivity contribution in [3.8, 4) is 0 Å². The Morgan fingerprint density at radius 2 is 1.42 bits per heavy atom. The zero-order chi connectivity index (χ0) is 13.4. The Morgan fingerprint density at radius 3 is 1.79 bits per heavy atom. The monoisotopic (exact) mass is 260 g/mol. The van der Waals surface area contributed by atoms with Gasteiger partial charge in [-0.3, -0.25) is 4.79 Å². The SMILES string of the molecule is C[C@H]1C(=O)[C@H](C)[C@H](c2ccco2)[NH2+][C@@H]1c1ccco1. The Morgan fingerprint density at radius 1 is 0.947 bits per heavy atom. The molecule has 1 aliphatic rings. The molecule has 100 valence electrons. The van der Waals surface area contributed by atoms with Gasteiger partial charge in [-0.1, -0.05) is 0 Å². The summed E-state index contributed by atoms with van der Waals surface area (Å²) in [6, 6.07) is 7.63. The summed E-state index contributed by atoms with van der Waals surface area (Å²) >= 11 is 0. The lowest BCUT2D eigenvalue weighted by Gasteiger charge is -2.33. The molecule has 2 N–H and O–H groups in total. The predicted molar refractivity (Wildman–Crippen MR) is 68.2 cm³/mol. The molecule has 0 saturated carbocycles. The maximum absolute atomic E-state index is 12.4. The molecule has 4 atom stereocenters. The van der Waals surface area contributed by atoms with Gasteiger partial charge in [0, 0.05) is 0 Å². The molecule has 0 amide bonds. The van der Waals surface area contributed by atoms with E-state index in [4.69, 9.17) is 8.83 Å². The molecule has 3 heterocycles. The lowest BCUT2D eigenvalue weighted by Crippen LogP contribution is -2.91. The fraction of sp³-hybridized carbons (Fsp3) is 0.400. The number of hydrogen-bond donors (Lipinski definition) is 1. The van der Waals surface area contributed by atoms with E-state index in [-0.39, 0.29) is 29.7 Å². The molecule has 2 aromatic rings. The highest BCUT2D eigenvalue weighted by Crippen LogP contribution is 2.32. The topological polar surface area (TPSA) is 60.0 Å². The number of carbonyl (C=O) groups is 1. The van der Waals surface area contributed by atoms with Crippen LogP contribution in [0.2, 0.25) is 0 Å². The molecule has 0 aromatic carbocycles. The number of piperidine rings is 1. The van der Waals surface area contributed by atoms with E-state index in [1.807, 2.05) is 38.1 Å². The van der Waals surface area contributed by atoms with Crippen molar-refractivity contribution in [2.45, 2.75) is 25.9 Å². The fourth-order valence-electron chi connectivity index (χ4n) is 2.97. The highest BCUT2D eigenvalue weighted by Gasteiger charge is 2.45. The molecule has 4 nitrogen and oxygen atoms in total. The van der Waals surface area contributed by atoms with Crippen LogP contribution in [0.15, 0.2) is 45.6 Å². The van der Waals surface area contributed by atoms with Crippen LogP contribution in [0.5, 0.6) is 0 Å². The average molecular weight is 260 g/mol. The van der Waals surface area contributed by atoms with E-state index in [1.54, 1.807) is 12.5 Å². The van der Waals surface area contributed by atoms with E-state index in [0.717, 1.165) is 11.5 Å². The fourth-order valence-corrected chi connectivity index (χ4v) is 2.97. The molecule has 0 aliphatic carbocycles. The van der Waals surface area contributed by atoms with Crippen molar-refractivity contribution in [3.63, 3.8) is 0 Å². The van der Waals surface area contributed by atoms with Gasteiger partial charge in [-0.05, 0) is 38.1 Å². The summed E-state index contributed by atoms with van der Waals surface area (Å²) in [7, 11) is 0. The van der Waals surface area contributed by atoms with Gasteiger partial charge in [0.1, 0.15) is 0 Å². The molecule has 0 radical (unpaired) electrons. The molecular weight excluding hydrogens is 242 g/mol. The molecule has 1 saturated heterocycles. The zero-order valence-corrected chi connectivity index (χ0v) is 11.1. The van der Waals surface area contributed by atoms with Crippen molar-refractivity contribution < 1.29 is 18.9 Å². The number of furan rings is 2. The molecule has 1 fully saturated rings. The van der Waals surface area contributed by atoms with Crippen LogP contribution in [0.25, 0.3) is 0 Å². The summed E-state index contributed by atoms with van der Waals surface area (Å²) in [5.74, 6) is 1.87. The van der Waals surface area contributed by atoms with Crippen molar-refractivity contribution in [1.82, 2.24) is 0 Å². The minimum absolute atomic E-state index is 0.0220. The Kier molecular flexibility index (Phi) is 3.03. The number of ketones is 1. The maximum Gasteiger partial charge on any atom is 0.161 e. The molecule has 1 aliphatic heterocycles. The Hall–Kier alpha value is -1.81. The van der Waals surface area contributed by atoms with E-state index in [1.165, 1.54) is 0 Å². The first-order chi connectivity index (χ1) is 9.18. The molecule has 19 heavy (non-hydrogen) atoms. The van der Waals surface area contributed by atoms with Crippen LogP contribution in [0, 0.1) is 11.8 Å². The van der Waals surface area contributed by atoms with E-state index in [9.17, 15) is 4.79 Å². The smallest absolute Gasteiger partial charge is 0.161 e. The van der Waals surface area contributed by atoms with Gasteiger partial charge in [-0.15, -0.1) is 0 Å². The van der Waals surface area contributed by atoms with Gasteiger partial charge in [-0.2, -0.15) is 0 Å². The van der Waals surface area contributed by atoms with E-state index < -0.39 is 0 Å². The van der Waals surface area contributed by atoms with E-state index in [2.05, 4.69) is 5.32 Å². The lowest BCUT2D eigenvalue weighted by atomic mass is 9.79. The van der Waals surface area contributed by atoms with Crippen molar-refractivity contribution in [1.29, 1.82) is 0 Å². The third kappa shape index (κ3) is 2.02. The van der Waals surface area contributed by atoms with Gasteiger partial charge < -0.3 is 14.2 Å². The molecule has 0 bridgehead atoms. The number of quaternary nitrogens is 1. The predicted octanol–water partition coefficient (Wildman–Crippen LogP) is 2.07. The average Bonchev–Trinajstić information content (AvgIpc) is 3.08. The van der Waals surface area contributed by atoms with Crippen molar-refractivity contribution >= 4 is 5.78 Å². The minimum Gasteiger partial charge on any atom is -0.463 e. The molecule has 2 aromatic heterocycles. The number of hydrogen-bond acceptors (Lipinski definition) is 3. The van der Waals surface area contributed by atoms with Gasteiger partial charge in [-0.25, -0.2) is 0 Å². The molecule has 0 spiro atoms. The summed E-state index contributed by atoms with van der Waals surface area (Å²) < 4.78 is 11.0. The van der Waals surface area contributed by atoms with Gasteiger partial charge in [0.2, 0.25) is 0 Å². The van der Waals surface area contributed by atoms with Gasteiger partial charge in [0.15, 0.2) is 29.4 Å². The van der Waals surface area contributed by atoms with Crippen LogP contribution in [0.3, 0.4) is 0 Å². The second-order valence-corrected chi connectivity index (χ2v) is 5.25. The lowest BCUT2D eigenvalue weighted by molar-refractivity contribution is -0.751. The van der Waals surface area contributed by atoms with Gasteiger partial charge in [0.05, 0.1) is 24.4 Å². The summed E-state index contributed by atoms with van der Waals surface area (Å²) in [5.41, 5.74) is 0. The Labute approximate surface area is 111 Å². The largest absolute Gasteiger partial charge is 0.463 e. The maximum atomic E-state index is 12.4. The first-order valence-corrected chi connectivity index (χ1v) is 6.64. The first-order valence-electron chi connectivity index (χ1n) is 6.64. The third-order valence-electron chi connectivity index (χ3n) is 4.13. The molecular formula is C15H18NO3+. The molecule has 3 rings (SSSR count). The summed E-state index contributed by atoms with van der Waals surface area (Å²) in [6.45, 7) is 3.95. The van der Waals surface area contributed by atoms with Crippen LogP contribution in [-0.2, 0) is 4.79 Å². The highest BCUT2D eigenvalue weighted by atomic mass is 16.3. The van der Waals surface area contributed by atoms with Crippen LogP contribution in [0.4, 0.5) is 0 Å². The van der Waals surface area contributed by atoms with Gasteiger partial charge in [0.25, 0.3) is 0 Å². The molecule has 0 unspecified atom stereocenters. The number of Topliss-reactive ketones (excluding diaryl/α,β-unsaturated/α-hetero) is 1. The van der Waals surface area contributed by atoms with Crippen LogP contribution in [-0.4, -0.2) is 5.78 Å². The van der Waals surface area contributed by atoms with Gasteiger partial charge >= 0.3 is 0 Å². The quantitative estimate of drug-likeness (QED) is 0.899. The Bertz CT molecular complexity index is 496. The van der Waals surface area contributed by atoms with Crippen LogP contribution >= 0.6 is 0 Å². The van der Waals surface area contributed by atoms with Crippen LogP contribution < -0.4 is 5.32 Å². The standard InChI is InChI=1S/C15H17NO3/c1-9-13(11-5-3-7-18-11)16-14(10(2)15(9)17)12-6-4-8-19-12/h3-10,13-14,16H,1-2H3/p+1/t9-,10-,13-,14+/m1/s1. The second-order valence-electron chi connectivity index (χ2n) is 5.25. The van der Waals surface area contributed by atoms with Crippen molar-refractivity contribution in [2.24, 2.45) is 11.8 Å². The summed E-state index contributed by atoms with van der Waals surface area (Å²) in [5, 5.41) is 2.19. The number of carbonyl (C=O) groups excluding carboxylic acids is 1. The van der Waals surface area contributed by atoms with Crippen LogP contribution in [0.1, 0.15) is 37.5 Å². The summed E-state index contributed by atoms with van der Waals surface area (Å²) in [6.07, 6.45) is 3.31. The molecule has 4 heteroatoms. The Balaban J connectivity index is 1.93. The normalized spacial score (nSPS) is 31.6. The third-order valence-corrected chi connectivity index (χ3v) is 4.13. The van der Waals surface area contributed by atoms with E-state index in [0.29, 0.717) is 0 Å². The number of nitrogens with two attached hydrogens (primary N) is 1. The first kappa shape index (κ1) is 12.2. The van der Waals surface area contributed by atoms with Crippen molar-refractivity contribution in [3.05, 3.63) is 48.3 Å².